The minimum Gasteiger partial charge on any atom is -0.377 e. The van der Waals surface area contributed by atoms with E-state index in [9.17, 15) is 0 Å². The molecule has 0 spiro atoms. The molecule has 2 atom stereocenters. The van der Waals surface area contributed by atoms with Crippen LogP contribution in [0.5, 0.6) is 0 Å². The molecule has 1 aliphatic heterocycles. The number of nitrogens with one attached hydrogen (secondary N) is 1. The highest BCUT2D eigenvalue weighted by Crippen LogP contribution is 1.98. The molecule has 1 aliphatic rings. The van der Waals surface area contributed by atoms with Crippen molar-refractivity contribution in [2.24, 2.45) is 5.73 Å². The lowest BCUT2D eigenvalue weighted by atomic mass is 10.3. The van der Waals surface area contributed by atoms with Crippen LogP contribution < -0.4 is 11.1 Å². The van der Waals surface area contributed by atoms with Gasteiger partial charge >= 0.3 is 0 Å². The van der Waals surface area contributed by atoms with Crippen LogP contribution in [0.25, 0.3) is 0 Å². The number of nitrogens with two attached hydrogens (primary N) is 1. The third kappa shape index (κ3) is 1.59. The Morgan fingerprint density at radius 2 is 2.25 bits per heavy atom. The van der Waals surface area contributed by atoms with Gasteiger partial charge in [0.25, 0.3) is 0 Å². The highest BCUT2D eigenvalue weighted by molar-refractivity contribution is 5.85. The first-order valence-corrected chi connectivity index (χ1v) is 2.48. The van der Waals surface area contributed by atoms with E-state index in [0.29, 0.717) is 0 Å². The van der Waals surface area contributed by atoms with Gasteiger partial charge < -0.3 is 10.8 Å². The quantitative estimate of drug-likeness (QED) is 0.405. The van der Waals surface area contributed by atoms with Gasteiger partial charge in [0.2, 0.25) is 0 Å². The summed E-state index contributed by atoms with van der Waals surface area (Å²) in [6.45, 7) is 0.850. The second kappa shape index (κ2) is 3.25. The maximum Gasteiger partial charge on any atom is 0.120 e. The standard InChI is InChI=1S/C4H10N2O.ClH/c5-3-1-2-6-4(3)7;/h3-4,6-7H,1-2,5H2;1H/t3-,4?;/m1./s1. The summed E-state index contributed by atoms with van der Waals surface area (Å²) in [5.41, 5.74) is 5.37. The van der Waals surface area contributed by atoms with Crippen molar-refractivity contribution >= 4 is 12.4 Å². The van der Waals surface area contributed by atoms with Gasteiger partial charge in [-0.25, -0.2) is 0 Å². The van der Waals surface area contributed by atoms with Crippen molar-refractivity contribution in [2.45, 2.75) is 18.7 Å². The minimum absolute atomic E-state index is 0. The lowest BCUT2D eigenvalue weighted by Crippen LogP contribution is -2.35. The first-order chi connectivity index (χ1) is 3.30. The lowest BCUT2D eigenvalue weighted by molar-refractivity contribution is 0.143. The second-order valence-corrected chi connectivity index (χ2v) is 1.85. The third-order valence-electron chi connectivity index (χ3n) is 1.24. The van der Waals surface area contributed by atoms with E-state index in [2.05, 4.69) is 5.32 Å². The van der Waals surface area contributed by atoms with E-state index >= 15 is 0 Å². The Morgan fingerprint density at radius 3 is 2.38 bits per heavy atom. The van der Waals surface area contributed by atoms with Crippen LogP contribution >= 0.6 is 12.4 Å². The van der Waals surface area contributed by atoms with Gasteiger partial charge in [-0.15, -0.1) is 12.4 Å². The molecule has 0 aliphatic carbocycles. The van der Waals surface area contributed by atoms with E-state index in [1.165, 1.54) is 0 Å². The molecule has 4 heteroatoms. The van der Waals surface area contributed by atoms with E-state index in [1.807, 2.05) is 0 Å². The van der Waals surface area contributed by atoms with Gasteiger partial charge in [0, 0.05) is 6.04 Å². The van der Waals surface area contributed by atoms with E-state index < -0.39 is 6.23 Å². The zero-order valence-corrected chi connectivity index (χ0v) is 5.32. The summed E-state index contributed by atoms with van der Waals surface area (Å²) in [6, 6.07) is -0.0417. The van der Waals surface area contributed by atoms with E-state index in [-0.39, 0.29) is 18.4 Å². The molecular weight excluding hydrogens is 128 g/mol. The molecule has 1 unspecified atom stereocenters. The fourth-order valence-electron chi connectivity index (χ4n) is 0.707. The highest BCUT2D eigenvalue weighted by atomic mass is 35.5. The molecule has 4 N–H and O–H groups in total. The zero-order valence-electron chi connectivity index (χ0n) is 4.50. The summed E-state index contributed by atoms with van der Waals surface area (Å²) in [5, 5.41) is 11.6. The summed E-state index contributed by atoms with van der Waals surface area (Å²) >= 11 is 0. The maximum atomic E-state index is 8.76. The van der Waals surface area contributed by atoms with Crippen LogP contribution in [0, 0.1) is 0 Å². The van der Waals surface area contributed by atoms with Gasteiger partial charge in [0.1, 0.15) is 6.23 Å². The largest absolute Gasteiger partial charge is 0.377 e. The van der Waals surface area contributed by atoms with Crippen LogP contribution in [0.2, 0.25) is 0 Å². The minimum atomic E-state index is -0.458. The van der Waals surface area contributed by atoms with Crippen molar-refractivity contribution in [2.75, 3.05) is 6.54 Å². The Bertz CT molecular complexity index is 63.1. The predicted molar refractivity (Wildman–Crippen MR) is 33.8 cm³/mol. The molecule has 8 heavy (non-hydrogen) atoms. The fraction of sp³-hybridized carbons (Fsp3) is 1.00. The Balaban J connectivity index is 0.000000490. The maximum absolute atomic E-state index is 8.76. The van der Waals surface area contributed by atoms with Gasteiger partial charge in [-0.2, -0.15) is 0 Å². The normalized spacial score (nSPS) is 36.8. The van der Waals surface area contributed by atoms with Gasteiger partial charge in [-0.1, -0.05) is 0 Å². The van der Waals surface area contributed by atoms with Crippen molar-refractivity contribution in [1.82, 2.24) is 5.32 Å². The molecule has 1 rings (SSSR count). The van der Waals surface area contributed by atoms with Crippen molar-refractivity contribution in [1.29, 1.82) is 0 Å². The highest BCUT2D eigenvalue weighted by Gasteiger charge is 2.19. The van der Waals surface area contributed by atoms with Crippen LogP contribution in [0.3, 0.4) is 0 Å². The number of aliphatic hydroxyl groups is 1. The molecule has 0 saturated carbocycles. The molecule has 0 amide bonds. The summed E-state index contributed by atoms with van der Waals surface area (Å²) in [7, 11) is 0. The van der Waals surface area contributed by atoms with Crippen LogP contribution in [-0.2, 0) is 0 Å². The zero-order chi connectivity index (χ0) is 5.28. The van der Waals surface area contributed by atoms with Crippen molar-refractivity contribution < 1.29 is 5.11 Å². The molecule has 1 saturated heterocycles. The summed E-state index contributed by atoms with van der Waals surface area (Å²) < 4.78 is 0. The molecule has 50 valence electrons. The third-order valence-corrected chi connectivity index (χ3v) is 1.24. The topological polar surface area (TPSA) is 58.3 Å². The van der Waals surface area contributed by atoms with Gasteiger partial charge in [-0.05, 0) is 13.0 Å². The van der Waals surface area contributed by atoms with Crippen molar-refractivity contribution in [3.05, 3.63) is 0 Å². The predicted octanol–water partition coefficient (Wildman–Crippen LogP) is -0.953. The van der Waals surface area contributed by atoms with Crippen LogP contribution in [0.1, 0.15) is 6.42 Å². The average Bonchev–Trinajstić information content (AvgIpc) is 1.91. The Labute approximate surface area is 54.7 Å². The summed E-state index contributed by atoms with van der Waals surface area (Å²) in [6.07, 6.45) is 0.432. The number of rotatable bonds is 0. The molecule has 3 nitrogen and oxygen atoms in total. The molecule has 1 heterocycles. The molecule has 1 fully saturated rings. The molecule has 0 bridgehead atoms. The van der Waals surface area contributed by atoms with Gasteiger partial charge in [0.05, 0.1) is 0 Å². The van der Waals surface area contributed by atoms with Crippen LogP contribution in [-0.4, -0.2) is 23.9 Å². The Hall–Kier alpha value is 0.170. The number of hydrogen-bond donors (Lipinski definition) is 3. The van der Waals surface area contributed by atoms with Gasteiger partial charge in [-0.3, -0.25) is 5.32 Å². The molecule has 0 radical (unpaired) electrons. The first-order valence-electron chi connectivity index (χ1n) is 2.48. The lowest BCUT2D eigenvalue weighted by Gasteiger charge is -2.04. The fourth-order valence-corrected chi connectivity index (χ4v) is 0.707. The van der Waals surface area contributed by atoms with Crippen LogP contribution in [0.15, 0.2) is 0 Å². The first kappa shape index (κ1) is 8.17. The number of hydrogen-bond acceptors (Lipinski definition) is 3. The molecule has 0 aromatic carbocycles. The van der Waals surface area contributed by atoms with Gasteiger partial charge in [0.15, 0.2) is 0 Å². The average molecular weight is 139 g/mol. The molecule has 0 aromatic heterocycles. The smallest absolute Gasteiger partial charge is 0.120 e. The van der Waals surface area contributed by atoms with E-state index in [4.69, 9.17) is 10.8 Å². The summed E-state index contributed by atoms with van der Waals surface area (Å²) in [4.78, 5) is 0. The van der Waals surface area contributed by atoms with Crippen molar-refractivity contribution in [3.63, 3.8) is 0 Å². The SMILES string of the molecule is Cl.N[C@@H]1CCNC1O. The number of aliphatic hydroxyl groups excluding tert-OH is 1. The Morgan fingerprint density at radius 1 is 1.62 bits per heavy atom. The van der Waals surface area contributed by atoms with E-state index in [1.54, 1.807) is 0 Å². The van der Waals surface area contributed by atoms with Crippen LogP contribution in [0.4, 0.5) is 0 Å². The second-order valence-electron chi connectivity index (χ2n) is 1.85. The Kier molecular flexibility index (Phi) is 3.31. The summed E-state index contributed by atoms with van der Waals surface area (Å²) in [5.74, 6) is 0. The van der Waals surface area contributed by atoms with Crippen molar-refractivity contribution in [3.8, 4) is 0 Å². The number of halogens is 1. The molecule has 0 aromatic rings. The molecular formula is C4H11ClN2O. The van der Waals surface area contributed by atoms with E-state index in [0.717, 1.165) is 13.0 Å². The monoisotopic (exact) mass is 138 g/mol.